The maximum atomic E-state index is 12.0. The molecule has 1 aliphatic heterocycles. The van der Waals surface area contributed by atoms with Crippen molar-refractivity contribution in [2.24, 2.45) is 46.3 Å². The molecule has 1 saturated heterocycles. The summed E-state index contributed by atoms with van der Waals surface area (Å²) in [6, 6.07) is 0. The van der Waals surface area contributed by atoms with Crippen LogP contribution in [0.1, 0.15) is 120 Å². The Balaban J connectivity index is 0.000000914. The van der Waals surface area contributed by atoms with Crippen LogP contribution in [0.2, 0.25) is 0 Å². The molecule has 0 aromatic rings. The lowest BCUT2D eigenvalue weighted by atomic mass is 9.47. The molecule has 2 heteroatoms. The smallest absolute Gasteiger partial charge is 0.224 e. The van der Waals surface area contributed by atoms with E-state index >= 15 is 0 Å². The fraction of sp³-hybridized carbons (Fsp3) is 0.839. The van der Waals surface area contributed by atoms with Crippen molar-refractivity contribution in [1.29, 1.82) is 0 Å². The van der Waals surface area contributed by atoms with Gasteiger partial charge >= 0.3 is 0 Å². The molecule has 0 aromatic carbocycles. The number of piperidine rings is 1. The monoisotopic (exact) mass is 457 g/mol. The van der Waals surface area contributed by atoms with Crippen LogP contribution in [-0.2, 0) is 4.79 Å². The number of amides is 1. The summed E-state index contributed by atoms with van der Waals surface area (Å²) in [5.74, 6) is 4.78. The van der Waals surface area contributed by atoms with E-state index in [0.717, 1.165) is 30.1 Å². The summed E-state index contributed by atoms with van der Waals surface area (Å²) >= 11 is 0. The van der Waals surface area contributed by atoms with Crippen LogP contribution >= 0.6 is 0 Å². The third kappa shape index (κ3) is 5.30. The van der Waals surface area contributed by atoms with E-state index in [2.05, 4.69) is 52.6 Å². The Labute approximate surface area is 206 Å². The number of carbonyl (C=O) groups excluding carboxylic acids is 1. The largest absolute Gasteiger partial charge is 0.329 e. The number of rotatable bonds is 5. The first-order chi connectivity index (χ1) is 15.7. The molecule has 2 saturated carbocycles. The fourth-order valence-corrected chi connectivity index (χ4v) is 8.13. The molecule has 33 heavy (non-hydrogen) atoms. The molecule has 3 aliphatic carbocycles. The van der Waals surface area contributed by atoms with Crippen LogP contribution in [0.5, 0.6) is 0 Å². The van der Waals surface area contributed by atoms with Gasteiger partial charge in [-0.05, 0) is 84.7 Å². The lowest BCUT2D eigenvalue weighted by Gasteiger charge is -2.58. The second-order valence-electron chi connectivity index (χ2n) is 11.9. The minimum Gasteiger partial charge on any atom is -0.329 e. The van der Waals surface area contributed by atoms with Gasteiger partial charge in [-0.2, -0.15) is 0 Å². The van der Waals surface area contributed by atoms with Gasteiger partial charge < -0.3 is 5.32 Å². The lowest BCUT2D eigenvalue weighted by molar-refractivity contribution is -0.124. The Bertz CT molecular complexity index is 706. The maximum Gasteiger partial charge on any atom is 0.224 e. The van der Waals surface area contributed by atoms with E-state index in [1.54, 1.807) is 0 Å². The van der Waals surface area contributed by atoms with Crippen molar-refractivity contribution in [3.63, 3.8) is 0 Å². The molecular formula is C31H55NO. The zero-order chi connectivity index (χ0) is 25.0. The van der Waals surface area contributed by atoms with Gasteiger partial charge in [0.1, 0.15) is 0 Å². The molecule has 4 rings (SSSR count). The van der Waals surface area contributed by atoms with Crippen molar-refractivity contribution >= 4 is 5.91 Å². The predicted molar refractivity (Wildman–Crippen MR) is 144 cm³/mol. The summed E-state index contributed by atoms with van der Waals surface area (Å²) in [6.07, 6.45) is 13.6. The summed E-state index contributed by atoms with van der Waals surface area (Å²) in [4.78, 5) is 12.0. The molecule has 0 bridgehead atoms. The number of fused-ring (bicyclic) bond motifs is 5. The highest BCUT2D eigenvalue weighted by Gasteiger charge is 2.60. The number of hydrogen-bond acceptors (Lipinski definition) is 1. The first-order valence-corrected chi connectivity index (χ1v) is 14.4. The lowest BCUT2D eigenvalue weighted by Crippen LogP contribution is -2.54. The quantitative estimate of drug-likeness (QED) is 0.438. The van der Waals surface area contributed by atoms with Crippen LogP contribution in [0, 0.1) is 46.3 Å². The third-order valence-corrected chi connectivity index (χ3v) is 9.81. The molecule has 1 N–H and O–H groups in total. The Morgan fingerprint density at radius 2 is 1.67 bits per heavy atom. The Hall–Kier alpha value is -1.05. The van der Waals surface area contributed by atoms with Crippen LogP contribution < -0.4 is 5.32 Å². The first kappa shape index (κ1) is 28.2. The third-order valence-electron chi connectivity index (χ3n) is 9.81. The first-order valence-electron chi connectivity index (χ1n) is 14.4. The Morgan fingerprint density at radius 1 is 1.00 bits per heavy atom. The summed E-state index contributed by atoms with van der Waals surface area (Å²) in [5, 5.41) is 3.21. The maximum absolute atomic E-state index is 12.0. The topological polar surface area (TPSA) is 29.1 Å². The summed E-state index contributed by atoms with van der Waals surface area (Å²) in [6.45, 7) is 24.8. The van der Waals surface area contributed by atoms with E-state index in [1.807, 2.05) is 27.7 Å². The number of carbonyl (C=O) groups is 1. The van der Waals surface area contributed by atoms with Gasteiger partial charge in [-0.1, -0.05) is 88.2 Å². The number of hydrogen-bond donors (Lipinski definition) is 1. The average molecular weight is 458 g/mol. The molecule has 0 radical (unpaired) electrons. The molecule has 1 heterocycles. The van der Waals surface area contributed by atoms with Gasteiger partial charge in [0.15, 0.2) is 0 Å². The van der Waals surface area contributed by atoms with E-state index in [4.69, 9.17) is 0 Å². The second kappa shape index (κ2) is 11.6. The minimum atomic E-state index is 0.141. The standard InChI is InChI=1S/C27H43NO.2C2H6/c1-17(2)8-7-9-18(3)20-10-11-21-25-19(4)16-23-27(6,15-13-24(29)28-23)22(25)12-14-26(20,21)5;2*1-2/h16-18,20-22,25H,4,7-15H2,1-3,5-6H3,(H,28,29);2*1-2H3. The molecule has 3 fully saturated rings. The van der Waals surface area contributed by atoms with Gasteiger partial charge in [0.2, 0.25) is 5.91 Å². The van der Waals surface area contributed by atoms with Crippen LogP contribution in [0.25, 0.3) is 0 Å². The molecule has 0 aromatic heterocycles. The van der Waals surface area contributed by atoms with Crippen LogP contribution in [-0.4, -0.2) is 5.91 Å². The molecule has 2 nitrogen and oxygen atoms in total. The van der Waals surface area contributed by atoms with Crippen molar-refractivity contribution in [2.45, 2.75) is 120 Å². The summed E-state index contributed by atoms with van der Waals surface area (Å²) in [5.41, 5.74) is 3.08. The zero-order valence-corrected chi connectivity index (χ0v) is 23.5. The number of nitrogens with one attached hydrogen (secondary N) is 1. The second-order valence-corrected chi connectivity index (χ2v) is 11.9. The molecular weight excluding hydrogens is 402 g/mol. The Morgan fingerprint density at radius 3 is 2.30 bits per heavy atom. The molecule has 4 aliphatic rings. The van der Waals surface area contributed by atoms with E-state index < -0.39 is 0 Å². The highest BCUT2D eigenvalue weighted by molar-refractivity contribution is 5.80. The zero-order valence-electron chi connectivity index (χ0n) is 23.5. The van der Waals surface area contributed by atoms with Crippen molar-refractivity contribution in [1.82, 2.24) is 5.32 Å². The van der Waals surface area contributed by atoms with Gasteiger partial charge in [-0.15, -0.1) is 0 Å². The van der Waals surface area contributed by atoms with Gasteiger partial charge in [-0.25, -0.2) is 0 Å². The van der Waals surface area contributed by atoms with Crippen molar-refractivity contribution in [3.8, 4) is 0 Å². The highest BCUT2D eigenvalue weighted by atomic mass is 16.1. The van der Waals surface area contributed by atoms with Crippen molar-refractivity contribution in [3.05, 3.63) is 23.9 Å². The van der Waals surface area contributed by atoms with Crippen LogP contribution in [0.3, 0.4) is 0 Å². The minimum absolute atomic E-state index is 0.141. The fourth-order valence-electron chi connectivity index (χ4n) is 8.13. The van der Waals surface area contributed by atoms with Crippen molar-refractivity contribution in [2.75, 3.05) is 0 Å². The normalized spacial score (nSPS) is 37.8. The van der Waals surface area contributed by atoms with Gasteiger partial charge in [0.25, 0.3) is 0 Å². The molecule has 0 spiro atoms. The van der Waals surface area contributed by atoms with Crippen LogP contribution in [0.4, 0.5) is 0 Å². The molecule has 190 valence electrons. The molecule has 7 atom stereocenters. The Kier molecular flexibility index (Phi) is 9.90. The molecule has 1 amide bonds. The summed E-state index contributed by atoms with van der Waals surface area (Å²) in [7, 11) is 0. The average Bonchev–Trinajstić information content (AvgIpc) is 3.14. The molecule has 7 unspecified atom stereocenters. The van der Waals surface area contributed by atoms with Crippen LogP contribution in [0.15, 0.2) is 23.9 Å². The number of allylic oxidation sites excluding steroid dienone is 3. The van der Waals surface area contributed by atoms with Gasteiger partial charge in [-0.3, -0.25) is 4.79 Å². The van der Waals surface area contributed by atoms with E-state index in [9.17, 15) is 4.79 Å². The van der Waals surface area contributed by atoms with Gasteiger partial charge in [0, 0.05) is 17.5 Å². The van der Waals surface area contributed by atoms with E-state index in [0.29, 0.717) is 23.7 Å². The highest BCUT2D eigenvalue weighted by Crippen LogP contribution is 2.67. The predicted octanol–water partition coefficient (Wildman–Crippen LogP) is 8.93. The van der Waals surface area contributed by atoms with Gasteiger partial charge in [0.05, 0.1) is 0 Å². The summed E-state index contributed by atoms with van der Waals surface area (Å²) < 4.78 is 0. The van der Waals surface area contributed by atoms with E-state index in [-0.39, 0.29) is 11.3 Å². The van der Waals surface area contributed by atoms with E-state index in [1.165, 1.54) is 56.2 Å². The SMILES string of the molecule is C=C1C=C2NC(=O)CCC2(C)C2CCC3(C)C(C(C)CCCC(C)C)CCC3C12.CC.CC. The van der Waals surface area contributed by atoms with Crippen molar-refractivity contribution < 1.29 is 4.79 Å².